The summed E-state index contributed by atoms with van der Waals surface area (Å²) in [6, 6.07) is 8.79. The van der Waals surface area contributed by atoms with E-state index < -0.39 is 0 Å². The molecule has 4 heteroatoms. The van der Waals surface area contributed by atoms with Gasteiger partial charge in [-0.3, -0.25) is 4.98 Å². The number of halogens is 1. The number of likely N-dealkylation sites (N-methyl/N-ethyl adjacent to an activating group) is 1. The molecule has 2 heterocycles. The highest BCUT2D eigenvalue weighted by Gasteiger charge is 2.48. The van der Waals surface area contributed by atoms with Crippen LogP contribution in [0.15, 0.2) is 42.7 Å². The average molecular weight is 518 g/mol. The number of aryl methyl sites for hydroxylation is 2. The molecule has 1 aromatic carbocycles. The normalized spacial score (nSPS) is 21.0. The van der Waals surface area contributed by atoms with E-state index in [2.05, 4.69) is 87.4 Å². The molecule has 2 saturated carbocycles. The van der Waals surface area contributed by atoms with E-state index in [0.29, 0.717) is 17.9 Å². The van der Waals surface area contributed by atoms with Crippen molar-refractivity contribution in [1.29, 1.82) is 0 Å². The molecule has 0 radical (unpaired) electrons. The first-order valence-corrected chi connectivity index (χ1v) is 14.5. The lowest BCUT2D eigenvalue weighted by Crippen LogP contribution is -2.12. The summed E-state index contributed by atoms with van der Waals surface area (Å²) < 4.78 is 0. The van der Waals surface area contributed by atoms with Gasteiger partial charge < -0.3 is 10.3 Å². The van der Waals surface area contributed by atoms with E-state index in [9.17, 15) is 0 Å². The van der Waals surface area contributed by atoms with E-state index in [0.717, 1.165) is 23.8 Å². The Bertz CT molecular complexity index is 1200. The molecule has 0 amide bonds. The lowest BCUT2D eigenvalue weighted by atomic mass is 9.81. The van der Waals surface area contributed by atoms with Gasteiger partial charge in [0, 0.05) is 46.3 Å². The predicted octanol–water partition coefficient (Wildman–Crippen LogP) is 8.68. The van der Waals surface area contributed by atoms with Crippen molar-refractivity contribution in [2.24, 2.45) is 11.8 Å². The first-order chi connectivity index (χ1) is 17.9. The predicted molar refractivity (Wildman–Crippen MR) is 159 cm³/mol. The molecule has 2 aromatic heterocycles. The molecule has 37 heavy (non-hydrogen) atoms. The maximum Gasteiger partial charge on any atom is 0.0495 e. The van der Waals surface area contributed by atoms with Gasteiger partial charge in [0.2, 0.25) is 0 Å². The van der Waals surface area contributed by atoms with Crippen LogP contribution in [0.25, 0.3) is 17.3 Å². The van der Waals surface area contributed by atoms with Crippen molar-refractivity contribution in [1.82, 2.24) is 15.3 Å². The second kappa shape index (κ2) is 12.5. The maximum absolute atomic E-state index is 5.93. The van der Waals surface area contributed by atoms with Gasteiger partial charge in [-0.25, -0.2) is 0 Å². The van der Waals surface area contributed by atoms with Gasteiger partial charge in [0.15, 0.2) is 0 Å². The van der Waals surface area contributed by atoms with Crippen molar-refractivity contribution in [2.45, 2.75) is 85.1 Å². The summed E-state index contributed by atoms with van der Waals surface area (Å²) in [6.45, 7) is 10.9. The third-order valence-electron chi connectivity index (χ3n) is 8.63. The lowest BCUT2D eigenvalue weighted by Gasteiger charge is -2.25. The Labute approximate surface area is 229 Å². The van der Waals surface area contributed by atoms with Crippen LogP contribution in [0.4, 0.5) is 0 Å². The van der Waals surface area contributed by atoms with E-state index in [1.807, 2.05) is 18.3 Å². The molecule has 198 valence electrons. The minimum absolute atomic E-state index is 0.578. The number of aromatic nitrogens is 2. The molecule has 2 aliphatic rings. The van der Waals surface area contributed by atoms with Gasteiger partial charge in [0.25, 0.3) is 0 Å². The molecule has 2 fully saturated rings. The first-order valence-electron chi connectivity index (χ1n) is 14.1. The molecule has 3 aromatic rings. The molecule has 0 aliphatic heterocycles. The highest BCUT2D eigenvalue weighted by atomic mass is 35.5. The number of H-pyrrole nitrogens is 1. The van der Waals surface area contributed by atoms with E-state index in [-0.39, 0.29) is 0 Å². The Morgan fingerprint density at radius 3 is 2.54 bits per heavy atom. The number of aromatic amines is 1. The zero-order chi connectivity index (χ0) is 26.5. The SMILES string of the molecule is C/C=C\c1c(C2C(C)C2NC)[nH]c(-c2ccncc2CCC2CCC2)c1C.CCc1c(C)cccc1Cl. The number of benzene rings is 1. The molecule has 3 atom stereocenters. The Morgan fingerprint density at radius 2 is 1.97 bits per heavy atom. The van der Waals surface area contributed by atoms with Crippen molar-refractivity contribution in [3.8, 4) is 11.3 Å². The number of allylic oxidation sites excluding steroid dienone is 1. The van der Waals surface area contributed by atoms with Crippen molar-refractivity contribution >= 4 is 17.7 Å². The Kier molecular flexibility index (Phi) is 9.31. The van der Waals surface area contributed by atoms with E-state index in [1.165, 1.54) is 70.5 Å². The fraction of sp³-hybridized carbons (Fsp3) is 0.485. The zero-order valence-corrected chi connectivity index (χ0v) is 24.3. The van der Waals surface area contributed by atoms with Crippen LogP contribution in [0.2, 0.25) is 5.02 Å². The van der Waals surface area contributed by atoms with Crippen LogP contribution in [0, 0.1) is 25.7 Å². The molecular formula is C33H44ClN3. The molecule has 0 bridgehead atoms. The van der Waals surface area contributed by atoms with Crippen LogP contribution in [-0.4, -0.2) is 23.1 Å². The summed E-state index contributed by atoms with van der Waals surface area (Å²) in [7, 11) is 2.08. The number of nitrogens with one attached hydrogen (secondary N) is 2. The summed E-state index contributed by atoms with van der Waals surface area (Å²) in [6.07, 6.45) is 16.2. The smallest absolute Gasteiger partial charge is 0.0495 e. The minimum Gasteiger partial charge on any atom is -0.357 e. The number of nitrogens with zero attached hydrogens (tertiary/aromatic N) is 1. The van der Waals surface area contributed by atoms with Crippen LogP contribution in [0.5, 0.6) is 0 Å². The number of hydrogen-bond acceptors (Lipinski definition) is 2. The number of hydrogen-bond donors (Lipinski definition) is 2. The van der Waals surface area contributed by atoms with Gasteiger partial charge in [-0.05, 0) is 98.9 Å². The summed E-state index contributed by atoms with van der Waals surface area (Å²) in [5.74, 6) is 2.19. The topological polar surface area (TPSA) is 40.7 Å². The first kappa shape index (κ1) is 27.7. The van der Waals surface area contributed by atoms with E-state index in [4.69, 9.17) is 11.6 Å². The molecular weight excluding hydrogens is 474 g/mol. The monoisotopic (exact) mass is 517 g/mol. The molecule has 0 spiro atoms. The van der Waals surface area contributed by atoms with Gasteiger partial charge in [-0.2, -0.15) is 0 Å². The maximum atomic E-state index is 5.93. The largest absolute Gasteiger partial charge is 0.357 e. The van der Waals surface area contributed by atoms with Gasteiger partial charge >= 0.3 is 0 Å². The Hall–Kier alpha value is -2.36. The fourth-order valence-corrected chi connectivity index (χ4v) is 6.37. The second-order valence-electron chi connectivity index (χ2n) is 10.9. The third kappa shape index (κ3) is 6.04. The van der Waals surface area contributed by atoms with E-state index >= 15 is 0 Å². The van der Waals surface area contributed by atoms with Gasteiger partial charge in [-0.1, -0.05) is 69.0 Å². The lowest BCUT2D eigenvalue weighted by molar-refractivity contribution is 0.296. The van der Waals surface area contributed by atoms with Gasteiger partial charge in [0.05, 0.1) is 0 Å². The van der Waals surface area contributed by atoms with Crippen LogP contribution >= 0.6 is 11.6 Å². The van der Waals surface area contributed by atoms with Gasteiger partial charge in [-0.15, -0.1) is 0 Å². The Morgan fingerprint density at radius 1 is 1.19 bits per heavy atom. The molecule has 3 nitrogen and oxygen atoms in total. The van der Waals surface area contributed by atoms with Crippen molar-refractivity contribution < 1.29 is 0 Å². The average Bonchev–Trinajstić information content (AvgIpc) is 3.41. The van der Waals surface area contributed by atoms with E-state index in [1.54, 1.807) is 0 Å². The summed E-state index contributed by atoms with van der Waals surface area (Å²) >= 11 is 5.93. The zero-order valence-electron chi connectivity index (χ0n) is 23.5. The third-order valence-corrected chi connectivity index (χ3v) is 8.99. The highest BCUT2D eigenvalue weighted by Crippen LogP contribution is 2.50. The minimum atomic E-state index is 0.578. The van der Waals surface area contributed by atoms with Crippen LogP contribution in [0.3, 0.4) is 0 Å². The Balaban J connectivity index is 0.000000270. The quantitative estimate of drug-likeness (QED) is 0.313. The highest BCUT2D eigenvalue weighted by molar-refractivity contribution is 6.31. The molecule has 0 saturated heterocycles. The van der Waals surface area contributed by atoms with Crippen molar-refractivity contribution in [3.05, 3.63) is 81.3 Å². The standard InChI is InChI=1S/C24H33N3.C9H11Cl/c1-5-7-19-15(2)22(27-24(19)21-16(3)23(21)25-4)20-12-13-26-14-18(20)11-10-17-8-6-9-17;1-3-8-7(2)5-4-6-9(8)10/h5,7,12-14,16-17,21,23,25,27H,6,8-11H2,1-4H3;4-6H,3H2,1-2H3/b7-5-;. The second-order valence-corrected chi connectivity index (χ2v) is 11.3. The van der Waals surface area contributed by atoms with Crippen LogP contribution < -0.4 is 5.32 Å². The summed E-state index contributed by atoms with van der Waals surface area (Å²) in [4.78, 5) is 8.28. The molecule has 2 N–H and O–H groups in total. The van der Waals surface area contributed by atoms with Crippen LogP contribution in [0.1, 0.15) is 85.9 Å². The number of pyridine rings is 1. The van der Waals surface area contributed by atoms with Crippen molar-refractivity contribution in [3.63, 3.8) is 0 Å². The number of rotatable bonds is 8. The molecule has 3 unspecified atom stereocenters. The van der Waals surface area contributed by atoms with Gasteiger partial charge in [0.1, 0.15) is 0 Å². The summed E-state index contributed by atoms with van der Waals surface area (Å²) in [5, 5.41) is 4.37. The van der Waals surface area contributed by atoms with Crippen molar-refractivity contribution in [2.75, 3.05) is 7.05 Å². The molecule has 2 aliphatic carbocycles. The summed E-state index contributed by atoms with van der Waals surface area (Å²) in [5.41, 5.74) is 10.7. The van der Waals surface area contributed by atoms with Crippen LogP contribution in [-0.2, 0) is 12.8 Å². The fourth-order valence-electron chi connectivity index (χ4n) is 6.02. The molecule has 5 rings (SSSR count).